The van der Waals surface area contributed by atoms with Crippen molar-refractivity contribution in [2.75, 3.05) is 0 Å². The first-order valence-electron chi connectivity index (χ1n) is 5.48. The Kier molecular flexibility index (Phi) is 4.26. The van der Waals surface area contributed by atoms with Gasteiger partial charge in [-0.1, -0.05) is 26.7 Å². The minimum atomic E-state index is 0.251. The summed E-state index contributed by atoms with van der Waals surface area (Å²) in [6.45, 7) is 4.31. The maximum Gasteiger partial charge on any atom is 0.220 e. The maximum absolute atomic E-state index is 11.4. The third kappa shape index (κ3) is 4.30. The van der Waals surface area contributed by atoms with Crippen molar-refractivity contribution in [2.24, 2.45) is 5.92 Å². The monoisotopic (exact) mass is 183 g/mol. The summed E-state index contributed by atoms with van der Waals surface area (Å²) in [6.07, 6.45) is 6.66. The molecule has 1 saturated carbocycles. The first-order valence-corrected chi connectivity index (χ1v) is 5.48. The van der Waals surface area contributed by atoms with E-state index in [2.05, 4.69) is 19.2 Å². The molecule has 1 aliphatic rings. The molecule has 1 amide bonds. The van der Waals surface area contributed by atoms with Crippen LogP contribution in [-0.4, -0.2) is 11.9 Å². The predicted molar refractivity (Wildman–Crippen MR) is 54.5 cm³/mol. The highest BCUT2D eigenvalue weighted by molar-refractivity contribution is 5.76. The Morgan fingerprint density at radius 2 is 2.00 bits per heavy atom. The molecule has 13 heavy (non-hydrogen) atoms. The molecule has 2 nitrogen and oxygen atoms in total. The van der Waals surface area contributed by atoms with Crippen molar-refractivity contribution in [1.29, 1.82) is 0 Å². The number of hydrogen-bond acceptors (Lipinski definition) is 1. The predicted octanol–water partition coefficient (Wildman–Crippen LogP) is 2.48. The van der Waals surface area contributed by atoms with Gasteiger partial charge in [0.2, 0.25) is 5.91 Å². The number of amides is 1. The van der Waals surface area contributed by atoms with Gasteiger partial charge in [-0.25, -0.2) is 0 Å². The van der Waals surface area contributed by atoms with Crippen molar-refractivity contribution in [3.8, 4) is 0 Å². The van der Waals surface area contributed by atoms with E-state index in [4.69, 9.17) is 0 Å². The zero-order valence-corrected chi connectivity index (χ0v) is 8.81. The number of nitrogens with one attached hydrogen (secondary N) is 1. The smallest absolute Gasteiger partial charge is 0.220 e. The molecule has 0 bridgehead atoms. The van der Waals surface area contributed by atoms with E-state index < -0.39 is 0 Å². The van der Waals surface area contributed by atoms with Crippen molar-refractivity contribution >= 4 is 5.91 Å². The van der Waals surface area contributed by atoms with Gasteiger partial charge in [-0.2, -0.15) is 0 Å². The second-order valence-corrected chi connectivity index (χ2v) is 4.48. The Balaban J connectivity index is 2.09. The average molecular weight is 183 g/mol. The molecule has 76 valence electrons. The molecule has 1 rings (SSSR count). The van der Waals surface area contributed by atoms with E-state index in [-0.39, 0.29) is 5.91 Å². The molecular weight excluding hydrogens is 162 g/mol. The summed E-state index contributed by atoms with van der Waals surface area (Å²) in [5.41, 5.74) is 0. The van der Waals surface area contributed by atoms with Crippen LogP contribution in [0.5, 0.6) is 0 Å². The topological polar surface area (TPSA) is 29.1 Å². The molecule has 1 aliphatic carbocycles. The molecule has 0 saturated heterocycles. The highest BCUT2D eigenvalue weighted by atomic mass is 16.1. The summed E-state index contributed by atoms with van der Waals surface area (Å²) in [4.78, 5) is 11.4. The van der Waals surface area contributed by atoms with Gasteiger partial charge in [-0.15, -0.1) is 0 Å². The van der Waals surface area contributed by atoms with Crippen LogP contribution in [0.3, 0.4) is 0 Å². The molecule has 2 heteroatoms. The minimum absolute atomic E-state index is 0.251. The third-order valence-electron chi connectivity index (χ3n) is 2.67. The fraction of sp³-hybridized carbons (Fsp3) is 0.909. The zero-order chi connectivity index (χ0) is 9.68. The van der Waals surface area contributed by atoms with Crippen LogP contribution in [0.2, 0.25) is 0 Å². The summed E-state index contributed by atoms with van der Waals surface area (Å²) in [5, 5.41) is 3.10. The van der Waals surface area contributed by atoms with Gasteiger partial charge in [0.05, 0.1) is 0 Å². The van der Waals surface area contributed by atoms with Crippen LogP contribution in [0, 0.1) is 5.92 Å². The lowest BCUT2D eigenvalue weighted by atomic mass is 10.1. The Bertz CT molecular complexity index is 159. The van der Waals surface area contributed by atoms with Crippen LogP contribution in [0.25, 0.3) is 0 Å². The van der Waals surface area contributed by atoms with Crippen LogP contribution >= 0.6 is 0 Å². The van der Waals surface area contributed by atoms with E-state index in [1.54, 1.807) is 0 Å². The summed E-state index contributed by atoms with van der Waals surface area (Å²) in [6, 6.07) is 0.486. The molecule has 0 unspecified atom stereocenters. The lowest BCUT2D eigenvalue weighted by Gasteiger charge is -2.12. The lowest BCUT2D eigenvalue weighted by molar-refractivity contribution is -0.122. The minimum Gasteiger partial charge on any atom is -0.353 e. The van der Waals surface area contributed by atoms with E-state index in [9.17, 15) is 4.79 Å². The molecular formula is C11H21NO. The molecule has 0 spiro atoms. The quantitative estimate of drug-likeness (QED) is 0.712. The standard InChI is InChI=1S/C11H21NO/c1-9(2)7-8-11(13)12-10-5-3-4-6-10/h9-10H,3-8H2,1-2H3,(H,12,13). The number of carbonyl (C=O) groups is 1. The summed E-state index contributed by atoms with van der Waals surface area (Å²) in [7, 11) is 0. The van der Waals surface area contributed by atoms with Gasteiger partial charge in [0.15, 0.2) is 0 Å². The van der Waals surface area contributed by atoms with E-state index in [1.807, 2.05) is 0 Å². The molecule has 0 aromatic rings. The normalized spacial score (nSPS) is 18.1. The summed E-state index contributed by atoms with van der Waals surface area (Å²) >= 11 is 0. The Morgan fingerprint density at radius 3 is 2.54 bits per heavy atom. The summed E-state index contributed by atoms with van der Waals surface area (Å²) < 4.78 is 0. The van der Waals surface area contributed by atoms with Gasteiger partial charge in [-0.3, -0.25) is 4.79 Å². The van der Waals surface area contributed by atoms with E-state index in [1.165, 1.54) is 25.7 Å². The Morgan fingerprint density at radius 1 is 1.38 bits per heavy atom. The molecule has 0 heterocycles. The van der Waals surface area contributed by atoms with Gasteiger partial charge < -0.3 is 5.32 Å². The molecule has 0 radical (unpaired) electrons. The number of hydrogen-bond donors (Lipinski definition) is 1. The highest BCUT2D eigenvalue weighted by Crippen LogP contribution is 2.17. The van der Waals surface area contributed by atoms with Crippen molar-refractivity contribution < 1.29 is 4.79 Å². The molecule has 1 N–H and O–H groups in total. The first kappa shape index (κ1) is 10.6. The Hall–Kier alpha value is -0.530. The van der Waals surface area contributed by atoms with E-state index in [0.29, 0.717) is 18.4 Å². The van der Waals surface area contributed by atoms with Gasteiger partial charge in [-0.05, 0) is 25.2 Å². The molecule has 0 aromatic carbocycles. The summed E-state index contributed by atoms with van der Waals surface area (Å²) in [5.74, 6) is 0.884. The molecule has 0 aromatic heterocycles. The van der Waals surface area contributed by atoms with Crippen molar-refractivity contribution in [3.63, 3.8) is 0 Å². The number of rotatable bonds is 4. The SMILES string of the molecule is CC(C)CCC(=O)NC1CCCC1. The van der Waals surface area contributed by atoms with Gasteiger partial charge >= 0.3 is 0 Å². The van der Waals surface area contributed by atoms with Gasteiger partial charge in [0.25, 0.3) is 0 Å². The first-order chi connectivity index (χ1) is 6.18. The zero-order valence-electron chi connectivity index (χ0n) is 8.81. The third-order valence-corrected chi connectivity index (χ3v) is 2.67. The fourth-order valence-corrected chi connectivity index (χ4v) is 1.79. The van der Waals surface area contributed by atoms with Crippen LogP contribution in [0.4, 0.5) is 0 Å². The van der Waals surface area contributed by atoms with E-state index >= 15 is 0 Å². The average Bonchev–Trinajstić information content (AvgIpc) is 2.53. The lowest BCUT2D eigenvalue weighted by Crippen LogP contribution is -2.32. The second kappa shape index (κ2) is 5.25. The highest BCUT2D eigenvalue weighted by Gasteiger charge is 2.16. The maximum atomic E-state index is 11.4. The van der Waals surface area contributed by atoms with Crippen LogP contribution in [0.1, 0.15) is 52.4 Å². The van der Waals surface area contributed by atoms with Gasteiger partial charge in [0, 0.05) is 12.5 Å². The van der Waals surface area contributed by atoms with Crippen molar-refractivity contribution in [3.05, 3.63) is 0 Å². The molecule has 0 aliphatic heterocycles. The largest absolute Gasteiger partial charge is 0.353 e. The van der Waals surface area contributed by atoms with Crippen LogP contribution < -0.4 is 5.32 Å². The van der Waals surface area contributed by atoms with Crippen molar-refractivity contribution in [2.45, 2.75) is 58.4 Å². The van der Waals surface area contributed by atoms with Crippen LogP contribution in [0.15, 0.2) is 0 Å². The van der Waals surface area contributed by atoms with Gasteiger partial charge in [0.1, 0.15) is 0 Å². The fourth-order valence-electron chi connectivity index (χ4n) is 1.79. The van der Waals surface area contributed by atoms with E-state index in [0.717, 1.165) is 6.42 Å². The second-order valence-electron chi connectivity index (χ2n) is 4.48. The molecule has 0 atom stereocenters. The van der Waals surface area contributed by atoms with Crippen LogP contribution in [-0.2, 0) is 4.79 Å². The molecule has 1 fully saturated rings. The van der Waals surface area contributed by atoms with Crippen molar-refractivity contribution in [1.82, 2.24) is 5.32 Å². The number of carbonyl (C=O) groups excluding carboxylic acids is 1. The Labute approximate surface area is 81.1 Å².